The number of methoxy groups -OCH3 is 2. The summed E-state index contributed by atoms with van der Waals surface area (Å²) in [7, 11) is 3.08. The number of pyridine rings is 1. The Hall–Kier alpha value is -3.98. The lowest BCUT2D eigenvalue weighted by Crippen LogP contribution is -2.26. The van der Waals surface area contributed by atoms with Crippen LogP contribution in [0.2, 0.25) is 0 Å². The van der Waals surface area contributed by atoms with Crippen LogP contribution in [-0.4, -0.2) is 45.8 Å². The molecule has 0 spiro atoms. The number of carbonyl (C=O) groups excluding carboxylic acids is 1. The molecule has 0 saturated carbocycles. The highest BCUT2D eigenvalue weighted by Crippen LogP contribution is 2.24. The molecular weight excluding hydrogens is 396 g/mol. The zero-order chi connectivity index (χ0) is 21.8. The number of ether oxygens (including phenoxy) is 2. The van der Waals surface area contributed by atoms with Crippen molar-refractivity contribution in [3.63, 3.8) is 0 Å². The van der Waals surface area contributed by atoms with Gasteiger partial charge in [-0.05, 0) is 43.3 Å². The molecule has 4 rings (SSSR count). The van der Waals surface area contributed by atoms with Crippen molar-refractivity contribution < 1.29 is 14.3 Å². The fourth-order valence-electron chi connectivity index (χ4n) is 2.98. The predicted molar refractivity (Wildman–Crippen MR) is 118 cm³/mol. The lowest BCUT2D eigenvalue weighted by Gasteiger charge is -2.12. The number of carbonyl (C=O) groups is 1. The lowest BCUT2D eigenvalue weighted by molar-refractivity contribution is -0.124. The van der Waals surface area contributed by atoms with E-state index in [4.69, 9.17) is 9.47 Å². The largest absolute Gasteiger partial charge is 0.481 e. The Morgan fingerprint density at radius 2 is 1.87 bits per heavy atom. The van der Waals surface area contributed by atoms with Gasteiger partial charge in [-0.2, -0.15) is 0 Å². The number of hydrogen-bond donors (Lipinski definition) is 2. The first-order chi connectivity index (χ1) is 15.1. The third-order valence-electron chi connectivity index (χ3n) is 4.75. The highest BCUT2D eigenvalue weighted by molar-refractivity contribution is 5.94. The standard InChI is InChI=1S/C22H22N6O3/c1-14(30-2)21(29)25-16-5-4-6-17(11-16)26-22-24-13-18-8-9-19(28(18)27-22)15-7-10-20(31-3)23-12-15/h4-14H,1-3H3,(H,25,29)(H,26,27). The summed E-state index contributed by atoms with van der Waals surface area (Å²) in [5.41, 5.74) is 4.02. The SMILES string of the molecule is COc1ccc(-c2ccc3cnc(Nc4cccc(NC(=O)C(C)OC)c4)nn23)cn1. The van der Waals surface area contributed by atoms with Gasteiger partial charge in [-0.15, -0.1) is 5.10 Å². The maximum Gasteiger partial charge on any atom is 0.253 e. The quantitative estimate of drug-likeness (QED) is 0.473. The van der Waals surface area contributed by atoms with Crippen LogP contribution in [0.1, 0.15) is 6.92 Å². The number of nitrogens with zero attached hydrogens (tertiary/aromatic N) is 4. The molecule has 1 unspecified atom stereocenters. The van der Waals surface area contributed by atoms with Gasteiger partial charge in [0, 0.05) is 36.3 Å². The van der Waals surface area contributed by atoms with Gasteiger partial charge in [0.1, 0.15) is 6.10 Å². The van der Waals surface area contributed by atoms with Gasteiger partial charge in [-0.25, -0.2) is 14.5 Å². The maximum atomic E-state index is 12.0. The van der Waals surface area contributed by atoms with Gasteiger partial charge < -0.3 is 20.1 Å². The van der Waals surface area contributed by atoms with E-state index in [-0.39, 0.29) is 5.91 Å². The number of nitrogens with one attached hydrogen (secondary N) is 2. The van der Waals surface area contributed by atoms with E-state index < -0.39 is 6.10 Å². The minimum atomic E-state index is -0.540. The van der Waals surface area contributed by atoms with Gasteiger partial charge in [0.15, 0.2) is 0 Å². The summed E-state index contributed by atoms with van der Waals surface area (Å²) >= 11 is 0. The summed E-state index contributed by atoms with van der Waals surface area (Å²) in [6, 6.07) is 14.9. The first kappa shape index (κ1) is 20.3. The molecule has 1 aromatic carbocycles. The Morgan fingerprint density at radius 3 is 2.61 bits per heavy atom. The molecule has 158 valence electrons. The fraction of sp³-hybridized carbons (Fsp3) is 0.182. The normalized spacial score (nSPS) is 11.8. The van der Waals surface area contributed by atoms with Gasteiger partial charge in [0.05, 0.1) is 24.5 Å². The van der Waals surface area contributed by atoms with Crippen LogP contribution < -0.4 is 15.4 Å². The number of fused-ring (bicyclic) bond motifs is 1. The van der Waals surface area contributed by atoms with Gasteiger partial charge in [-0.1, -0.05) is 6.07 Å². The molecule has 0 radical (unpaired) electrons. The summed E-state index contributed by atoms with van der Waals surface area (Å²) < 4.78 is 12.0. The van der Waals surface area contributed by atoms with Crippen molar-refractivity contribution in [3.8, 4) is 17.1 Å². The highest BCUT2D eigenvalue weighted by Gasteiger charge is 2.12. The van der Waals surface area contributed by atoms with Crippen LogP contribution in [0.25, 0.3) is 16.8 Å². The van der Waals surface area contributed by atoms with Crippen molar-refractivity contribution in [3.05, 3.63) is 60.9 Å². The Labute approximate surface area is 179 Å². The minimum Gasteiger partial charge on any atom is -0.481 e. The van der Waals surface area contributed by atoms with E-state index in [0.717, 1.165) is 22.5 Å². The van der Waals surface area contributed by atoms with E-state index in [0.29, 0.717) is 17.5 Å². The monoisotopic (exact) mass is 418 g/mol. The summed E-state index contributed by atoms with van der Waals surface area (Å²) in [6.07, 6.45) is 2.94. The highest BCUT2D eigenvalue weighted by atomic mass is 16.5. The summed E-state index contributed by atoms with van der Waals surface area (Å²) in [5.74, 6) is 0.746. The van der Waals surface area contributed by atoms with E-state index in [1.807, 2.05) is 30.3 Å². The van der Waals surface area contributed by atoms with Crippen molar-refractivity contribution in [2.45, 2.75) is 13.0 Å². The number of hydrogen-bond acceptors (Lipinski definition) is 7. The second kappa shape index (κ2) is 8.80. The van der Waals surface area contributed by atoms with Crippen molar-refractivity contribution in [2.75, 3.05) is 24.9 Å². The zero-order valence-electron chi connectivity index (χ0n) is 17.4. The summed E-state index contributed by atoms with van der Waals surface area (Å²) in [4.78, 5) is 20.7. The number of aromatic nitrogens is 4. The second-order valence-corrected chi connectivity index (χ2v) is 6.80. The third-order valence-corrected chi connectivity index (χ3v) is 4.75. The number of rotatable bonds is 7. The predicted octanol–water partition coefficient (Wildman–Crippen LogP) is 3.52. The average Bonchev–Trinajstić information content (AvgIpc) is 3.22. The van der Waals surface area contributed by atoms with E-state index in [2.05, 4.69) is 25.7 Å². The van der Waals surface area contributed by atoms with Gasteiger partial charge in [0.2, 0.25) is 11.8 Å². The molecule has 3 aromatic heterocycles. The zero-order valence-corrected chi connectivity index (χ0v) is 17.4. The number of benzene rings is 1. The molecule has 1 amide bonds. The molecule has 3 heterocycles. The molecule has 0 aliphatic rings. The van der Waals surface area contributed by atoms with E-state index in [1.54, 1.807) is 49.1 Å². The molecule has 2 N–H and O–H groups in total. The molecule has 9 nitrogen and oxygen atoms in total. The molecule has 9 heteroatoms. The molecule has 1 atom stereocenters. The van der Waals surface area contributed by atoms with Crippen LogP contribution in [0, 0.1) is 0 Å². The topological polar surface area (TPSA) is 103 Å². The third kappa shape index (κ3) is 4.46. The molecule has 0 aliphatic carbocycles. The molecular formula is C22H22N6O3. The van der Waals surface area contributed by atoms with Crippen LogP contribution in [0.3, 0.4) is 0 Å². The van der Waals surface area contributed by atoms with Gasteiger partial charge in [-0.3, -0.25) is 4.79 Å². The summed E-state index contributed by atoms with van der Waals surface area (Å²) in [6.45, 7) is 1.69. The maximum absolute atomic E-state index is 12.0. The molecule has 31 heavy (non-hydrogen) atoms. The molecule has 0 saturated heterocycles. The van der Waals surface area contributed by atoms with Crippen molar-refractivity contribution >= 4 is 28.7 Å². The average molecular weight is 418 g/mol. The van der Waals surface area contributed by atoms with Crippen LogP contribution in [-0.2, 0) is 9.53 Å². The summed E-state index contributed by atoms with van der Waals surface area (Å²) in [5, 5.41) is 10.6. The van der Waals surface area contributed by atoms with Crippen molar-refractivity contribution in [1.29, 1.82) is 0 Å². The Morgan fingerprint density at radius 1 is 1.03 bits per heavy atom. The van der Waals surface area contributed by atoms with Gasteiger partial charge in [0.25, 0.3) is 5.91 Å². The smallest absolute Gasteiger partial charge is 0.253 e. The van der Waals surface area contributed by atoms with E-state index in [1.165, 1.54) is 7.11 Å². The first-order valence-corrected chi connectivity index (χ1v) is 9.63. The second-order valence-electron chi connectivity index (χ2n) is 6.80. The Balaban J connectivity index is 1.58. The Kier molecular flexibility index (Phi) is 5.76. The van der Waals surface area contributed by atoms with Crippen LogP contribution in [0.15, 0.2) is 60.9 Å². The molecule has 0 aliphatic heterocycles. The van der Waals surface area contributed by atoms with Crippen molar-refractivity contribution in [2.24, 2.45) is 0 Å². The van der Waals surface area contributed by atoms with E-state index >= 15 is 0 Å². The molecule has 0 bridgehead atoms. The van der Waals surface area contributed by atoms with Crippen LogP contribution in [0.4, 0.5) is 17.3 Å². The number of amides is 1. The lowest BCUT2D eigenvalue weighted by atomic mass is 10.2. The molecule has 4 aromatic rings. The Bertz CT molecular complexity index is 1210. The van der Waals surface area contributed by atoms with Crippen LogP contribution in [0.5, 0.6) is 5.88 Å². The van der Waals surface area contributed by atoms with Crippen LogP contribution >= 0.6 is 0 Å². The first-order valence-electron chi connectivity index (χ1n) is 9.63. The van der Waals surface area contributed by atoms with Gasteiger partial charge >= 0.3 is 0 Å². The minimum absolute atomic E-state index is 0.220. The molecule has 0 fully saturated rings. The number of anilines is 3. The fourth-order valence-corrected chi connectivity index (χ4v) is 2.98. The van der Waals surface area contributed by atoms with E-state index in [9.17, 15) is 4.79 Å². The van der Waals surface area contributed by atoms with Crippen molar-refractivity contribution in [1.82, 2.24) is 19.6 Å².